The van der Waals surface area contributed by atoms with Crippen molar-refractivity contribution in [2.24, 2.45) is 5.92 Å². The zero-order valence-corrected chi connectivity index (χ0v) is 15.6. The molecule has 0 aliphatic rings. The maximum Gasteiger partial charge on any atom is 0.220 e. The molecular formula is C24H27NO. The number of carbonyl (C=O) groups is 1. The molecule has 1 atom stereocenters. The van der Waals surface area contributed by atoms with E-state index in [-0.39, 0.29) is 11.9 Å². The van der Waals surface area contributed by atoms with E-state index in [0.717, 1.165) is 12.8 Å². The quantitative estimate of drug-likeness (QED) is 0.587. The molecule has 0 saturated heterocycles. The van der Waals surface area contributed by atoms with Gasteiger partial charge in [0, 0.05) is 6.42 Å². The first-order valence-corrected chi connectivity index (χ1v) is 9.44. The van der Waals surface area contributed by atoms with Crippen LogP contribution in [0.4, 0.5) is 0 Å². The number of carbonyl (C=O) groups excluding carboxylic acids is 1. The summed E-state index contributed by atoms with van der Waals surface area (Å²) < 4.78 is 0. The van der Waals surface area contributed by atoms with Crippen molar-refractivity contribution in [2.75, 3.05) is 0 Å². The second-order valence-corrected chi connectivity index (χ2v) is 7.30. The van der Waals surface area contributed by atoms with Crippen LogP contribution in [0.25, 0.3) is 10.8 Å². The lowest BCUT2D eigenvalue weighted by Gasteiger charge is -2.21. The van der Waals surface area contributed by atoms with Crippen LogP contribution in [0.15, 0.2) is 72.8 Å². The van der Waals surface area contributed by atoms with Gasteiger partial charge in [0.05, 0.1) is 6.04 Å². The van der Waals surface area contributed by atoms with Gasteiger partial charge in [-0.3, -0.25) is 4.79 Å². The monoisotopic (exact) mass is 345 g/mol. The van der Waals surface area contributed by atoms with Crippen molar-refractivity contribution in [3.8, 4) is 0 Å². The van der Waals surface area contributed by atoms with Gasteiger partial charge in [-0.25, -0.2) is 0 Å². The van der Waals surface area contributed by atoms with Crippen LogP contribution in [0, 0.1) is 5.92 Å². The van der Waals surface area contributed by atoms with Gasteiger partial charge in [-0.15, -0.1) is 0 Å². The van der Waals surface area contributed by atoms with E-state index in [9.17, 15) is 4.79 Å². The van der Waals surface area contributed by atoms with E-state index in [2.05, 4.69) is 73.8 Å². The van der Waals surface area contributed by atoms with Crippen LogP contribution < -0.4 is 5.32 Å². The average molecular weight is 345 g/mol. The molecule has 0 radical (unpaired) electrons. The van der Waals surface area contributed by atoms with Gasteiger partial charge >= 0.3 is 0 Å². The minimum atomic E-state index is 0.0798. The predicted molar refractivity (Wildman–Crippen MR) is 109 cm³/mol. The Labute approximate surface area is 156 Å². The van der Waals surface area contributed by atoms with Crippen molar-refractivity contribution < 1.29 is 4.79 Å². The second kappa shape index (κ2) is 8.66. The molecule has 2 nitrogen and oxygen atoms in total. The lowest BCUT2D eigenvalue weighted by atomic mass is 9.96. The molecule has 3 aromatic rings. The van der Waals surface area contributed by atoms with Crippen LogP contribution in [0.5, 0.6) is 0 Å². The number of hydrogen-bond acceptors (Lipinski definition) is 1. The summed E-state index contributed by atoms with van der Waals surface area (Å²) in [7, 11) is 0. The zero-order valence-electron chi connectivity index (χ0n) is 15.6. The maximum absolute atomic E-state index is 12.6. The third-order valence-electron chi connectivity index (χ3n) is 4.75. The molecule has 0 aromatic heterocycles. The largest absolute Gasteiger partial charge is 0.349 e. The van der Waals surface area contributed by atoms with Crippen molar-refractivity contribution in [2.45, 2.75) is 39.2 Å². The molecule has 0 aliphatic heterocycles. The average Bonchev–Trinajstić information content (AvgIpc) is 2.66. The highest BCUT2D eigenvalue weighted by atomic mass is 16.1. The summed E-state index contributed by atoms with van der Waals surface area (Å²) in [5.74, 6) is 0.644. The Balaban J connectivity index is 1.66. The summed E-state index contributed by atoms with van der Waals surface area (Å²) in [5.41, 5.74) is 2.41. The van der Waals surface area contributed by atoms with Crippen molar-refractivity contribution >= 4 is 16.7 Å². The van der Waals surface area contributed by atoms with Crippen LogP contribution in [-0.4, -0.2) is 5.91 Å². The number of amides is 1. The molecule has 1 N–H and O–H groups in total. The summed E-state index contributed by atoms with van der Waals surface area (Å²) in [4.78, 5) is 12.6. The molecule has 2 heteroatoms. The van der Waals surface area contributed by atoms with Gasteiger partial charge in [0.15, 0.2) is 0 Å². The topological polar surface area (TPSA) is 29.1 Å². The first-order valence-electron chi connectivity index (χ1n) is 9.44. The Bertz CT molecular complexity index is 849. The van der Waals surface area contributed by atoms with Gasteiger partial charge in [0.2, 0.25) is 5.91 Å². The highest BCUT2D eigenvalue weighted by Crippen LogP contribution is 2.22. The van der Waals surface area contributed by atoms with Crippen LogP contribution in [0.1, 0.15) is 43.9 Å². The van der Waals surface area contributed by atoms with Crippen LogP contribution in [-0.2, 0) is 11.2 Å². The van der Waals surface area contributed by atoms with Gasteiger partial charge in [0.25, 0.3) is 0 Å². The normalized spacial score (nSPS) is 12.3. The third kappa shape index (κ3) is 4.72. The van der Waals surface area contributed by atoms with Crippen LogP contribution in [0.3, 0.4) is 0 Å². The van der Waals surface area contributed by atoms with E-state index < -0.39 is 0 Å². The summed E-state index contributed by atoms with van der Waals surface area (Å²) >= 11 is 0. The van der Waals surface area contributed by atoms with Crippen molar-refractivity contribution in [3.63, 3.8) is 0 Å². The Hall–Kier alpha value is -2.61. The highest BCUT2D eigenvalue weighted by Gasteiger charge is 2.16. The molecule has 0 unspecified atom stereocenters. The summed E-state index contributed by atoms with van der Waals surface area (Å²) in [6.45, 7) is 4.39. The van der Waals surface area contributed by atoms with Gasteiger partial charge < -0.3 is 5.32 Å². The zero-order chi connectivity index (χ0) is 18.4. The van der Waals surface area contributed by atoms with Crippen molar-refractivity contribution in [1.82, 2.24) is 5.32 Å². The molecule has 0 aliphatic carbocycles. The molecule has 134 valence electrons. The fourth-order valence-corrected chi connectivity index (χ4v) is 3.46. The number of aryl methyl sites for hydroxylation is 1. The molecular weight excluding hydrogens is 318 g/mol. The molecule has 1 amide bonds. The van der Waals surface area contributed by atoms with E-state index in [1.165, 1.54) is 21.9 Å². The van der Waals surface area contributed by atoms with Crippen LogP contribution in [0.2, 0.25) is 0 Å². The summed E-state index contributed by atoms with van der Waals surface area (Å²) in [6, 6.07) is 25.0. The lowest BCUT2D eigenvalue weighted by molar-refractivity contribution is -0.121. The second-order valence-electron chi connectivity index (χ2n) is 7.30. The Morgan fingerprint density at radius 2 is 1.58 bits per heavy atom. The first kappa shape index (κ1) is 18.2. The summed E-state index contributed by atoms with van der Waals surface area (Å²) in [5, 5.41) is 5.71. The highest BCUT2D eigenvalue weighted by molar-refractivity contribution is 5.86. The van der Waals surface area contributed by atoms with Gasteiger partial charge in [-0.1, -0.05) is 86.6 Å². The minimum Gasteiger partial charge on any atom is -0.349 e. The molecule has 26 heavy (non-hydrogen) atoms. The third-order valence-corrected chi connectivity index (χ3v) is 4.75. The number of nitrogens with one attached hydrogen (secondary N) is 1. The molecule has 0 fully saturated rings. The number of benzene rings is 3. The molecule has 3 aromatic carbocycles. The molecule has 0 heterocycles. The molecule has 0 saturated carbocycles. The van der Waals surface area contributed by atoms with E-state index in [4.69, 9.17) is 0 Å². The molecule has 0 bridgehead atoms. The fourth-order valence-electron chi connectivity index (χ4n) is 3.46. The molecule has 3 rings (SSSR count). The van der Waals surface area contributed by atoms with Gasteiger partial charge in [0.1, 0.15) is 0 Å². The SMILES string of the molecule is CC(C)C[C@H](NC(=O)CCc1cccc2ccccc12)c1ccccc1. The lowest BCUT2D eigenvalue weighted by Crippen LogP contribution is -2.29. The van der Waals surface area contributed by atoms with Crippen molar-refractivity contribution in [1.29, 1.82) is 0 Å². The smallest absolute Gasteiger partial charge is 0.220 e. The number of rotatable bonds is 7. The Morgan fingerprint density at radius 1 is 0.885 bits per heavy atom. The fraction of sp³-hybridized carbons (Fsp3) is 0.292. The van der Waals surface area contributed by atoms with Gasteiger partial charge in [-0.2, -0.15) is 0 Å². The number of hydrogen-bond donors (Lipinski definition) is 1. The predicted octanol–water partition coefficient (Wildman–Crippen LogP) is 5.68. The van der Waals surface area contributed by atoms with Gasteiger partial charge in [-0.05, 0) is 40.7 Å². The Kier molecular flexibility index (Phi) is 6.06. The Morgan fingerprint density at radius 3 is 2.35 bits per heavy atom. The first-order chi connectivity index (χ1) is 12.6. The minimum absolute atomic E-state index is 0.0798. The van der Waals surface area contributed by atoms with E-state index in [0.29, 0.717) is 12.3 Å². The van der Waals surface area contributed by atoms with E-state index in [1.807, 2.05) is 18.2 Å². The molecule has 0 spiro atoms. The number of fused-ring (bicyclic) bond motifs is 1. The summed E-state index contributed by atoms with van der Waals surface area (Å²) in [6.07, 6.45) is 2.22. The van der Waals surface area contributed by atoms with E-state index >= 15 is 0 Å². The van der Waals surface area contributed by atoms with E-state index in [1.54, 1.807) is 0 Å². The standard InChI is InChI=1S/C24H27NO/c1-18(2)17-23(21-10-4-3-5-11-21)25-24(26)16-15-20-13-8-12-19-9-6-7-14-22(19)20/h3-14,18,23H,15-17H2,1-2H3,(H,25,26)/t23-/m0/s1. The van der Waals surface area contributed by atoms with Crippen molar-refractivity contribution in [3.05, 3.63) is 83.9 Å². The van der Waals surface area contributed by atoms with Crippen LogP contribution >= 0.6 is 0 Å². The maximum atomic E-state index is 12.6.